The Hall–Kier alpha value is -1.72. The molecule has 1 aliphatic carbocycles. The van der Waals surface area contributed by atoms with Gasteiger partial charge in [-0.2, -0.15) is 4.39 Å². The number of anilines is 1. The highest BCUT2D eigenvalue weighted by Gasteiger charge is 2.42. The molecule has 1 aromatic rings. The molecule has 1 aromatic carbocycles. The monoisotopic (exact) mass is 256 g/mol. The van der Waals surface area contributed by atoms with Crippen molar-refractivity contribution in [1.82, 2.24) is 0 Å². The fourth-order valence-corrected chi connectivity index (χ4v) is 1.83. The Bertz CT molecular complexity index is 501. The molecule has 1 saturated carbocycles. The van der Waals surface area contributed by atoms with Gasteiger partial charge in [-0.25, -0.2) is 4.39 Å². The van der Waals surface area contributed by atoms with E-state index < -0.39 is 22.2 Å². The van der Waals surface area contributed by atoms with Gasteiger partial charge in [0.2, 0.25) is 5.82 Å². The lowest BCUT2D eigenvalue weighted by molar-refractivity contribution is -0.387. The largest absolute Gasteiger partial charge is 0.379 e. The first-order valence-corrected chi connectivity index (χ1v) is 5.73. The van der Waals surface area contributed by atoms with Gasteiger partial charge in [0.05, 0.1) is 10.6 Å². The molecule has 1 fully saturated rings. The molecule has 4 nitrogen and oxygen atoms in total. The number of benzene rings is 1. The van der Waals surface area contributed by atoms with E-state index in [1.54, 1.807) is 0 Å². The SMILES string of the molecule is CC(Nc1cc([N+](=O)[O-])c(F)cc1F)C1(C)CC1. The predicted octanol–water partition coefficient (Wildman–Crippen LogP) is 3.47. The standard InChI is InChI=1S/C12H14F2N2O2/c1-7(12(2)3-4-12)15-10-6-11(16(17)18)9(14)5-8(10)13/h5-7,15H,3-4H2,1-2H3. The zero-order valence-corrected chi connectivity index (χ0v) is 10.2. The lowest BCUT2D eigenvalue weighted by Crippen LogP contribution is -2.25. The summed E-state index contributed by atoms with van der Waals surface area (Å²) in [5, 5.41) is 13.5. The molecule has 1 aliphatic rings. The summed E-state index contributed by atoms with van der Waals surface area (Å²) in [6, 6.07) is 1.44. The average molecular weight is 256 g/mol. The number of hydrogen-bond acceptors (Lipinski definition) is 3. The van der Waals surface area contributed by atoms with Gasteiger partial charge in [-0.05, 0) is 25.2 Å². The van der Waals surface area contributed by atoms with Crippen LogP contribution in [-0.4, -0.2) is 11.0 Å². The smallest absolute Gasteiger partial charge is 0.307 e. The summed E-state index contributed by atoms with van der Waals surface area (Å²) in [4.78, 5) is 9.74. The molecule has 2 rings (SSSR count). The Labute approximate surface area is 103 Å². The van der Waals surface area contributed by atoms with Crippen molar-refractivity contribution in [3.8, 4) is 0 Å². The van der Waals surface area contributed by atoms with Crippen molar-refractivity contribution in [3.05, 3.63) is 33.9 Å². The summed E-state index contributed by atoms with van der Waals surface area (Å²) >= 11 is 0. The maximum absolute atomic E-state index is 13.5. The quantitative estimate of drug-likeness (QED) is 0.662. The summed E-state index contributed by atoms with van der Waals surface area (Å²) in [5.41, 5.74) is -0.647. The number of rotatable bonds is 4. The van der Waals surface area contributed by atoms with E-state index >= 15 is 0 Å². The Morgan fingerprint density at radius 3 is 2.50 bits per heavy atom. The zero-order valence-electron chi connectivity index (χ0n) is 10.2. The molecule has 0 spiro atoms. The predicted molar refractivity (Wildman–Crippen MR) is 63.4 cm³/mol. The number of halogens is 2. The van der Waals surface area contributed by atoms with Gasteiger partial charge in [0.1, 0.15) is 5.82 Å². The number of nitro groups is 1. The fourth-order valence-electron chi connectivity index (χ4n) is 1.83. The van der Waals surface area contributed by atoms with Gasteiger partial charge < -0.3 is 5.32 Å². The van der Waals surface area contributed by atoms with Crippen molar-refractivity contribution < 1.29 is 13.7 Å². The van der Waals surface area contributed by atoms with Crippen LogP contribution in [-0.2, 0) is 0 Å². The van der Waals surface area contributed by atoms with Gasteiger partial charge >= 0.3 is 5.69 Å². The normalized spacial score (nSPS) is 18.2. The van der Waals surface area contributed by atoms with E-state index in [4.69, 9.17) is 0 Å². The Morgan fingerprint density at radius 1 is 1.39 bits per heavy atom. The third-order valence-corrected chi connectivity index (χ3v) is 3.69. The number of nitrogens with one attached hydrogen (secondary N) is 1. The first-order valence-electron chi connectivity index (χ1n) is 5.73. The van der Waals surface area contributed by atoms with Crippen molar-refractivity contribution in [2.75, 3.05) is 5.32 Å². The minimum atomic E-state index is -1.16. The average Bonchev–Trinajstić information content (AvgIpc) is 3.01. The van der Waals surface area contributed by atoms with Gasteiger partial charge in [-0.1, -0.05) is 6.92 Å². The molecule has 1 unspecified atom stereocenters. The van der Waals surface area contributed by atoms with E-state index in [0.29, 0.717) is 6.07 Å². The first-order chi connectivity index (χ1) is 8.33. The van der Waals surface area contributed by atoms with Crippen LogP contribution in [0.4, 0.5) is 20.2 Å². The van der Waals surface area contributed by atoms with E-state index in [9.17, 15) is 18.9 Å². The van der Waals surface area contributed by atoms with Crippen LogP contribution in [0.5, 0.6) is 0 Å². The minimum absolute atomic E-state index is 0.0166. The number of nitro benzene ring substituents is 1. The molecule has 6 heteroatoms. The van der Waals surface area contributed by atoms with Crippen molar-refractivity contribution in [2.24, 2.45) is 5.41 Å². The topological polar surface area (TPSA) is 55.2 Å². The van der Waals surface area contributed by atoms with Gasteiger partial charge in [-0.3, -0.25) is 10.1 Å². The van der Waals surface area contributed by atoms with Crippen LogP contribution in [0.25, 0.3) is 0 Å². The van der Waals surface area contributed by atoms with Crippen LogP contribution in [0.1, 0.15) is 26.7 Å². The van der Waals surface area contributed by atoms with E-state index in [1.165, 1.54) is 0 Å². The summed E-state index contributed by atoms with van der Waals surface area (Å²) < 4.78 is 26.7. The summed E-state index contributed by atoms with van der Waals surface area (Å²) in [6.45, 7) is 3.95. The van der Waals surface area contributed by atoms with E-state index in [2.05, 4.69) is 12.2 Å². The highest BCUT2D eigenvalue weighted by molar-refractivity contribution is 5.54. The van der Waals surface area contributed by atoms with Crippen LogP contribution in [0, 0.1) is 27.2 Å². The van der Waals surface area contributed by atoms with Crippen molar-refractivity contribution >= 4 is 11.4 Å². The van der Waals surface area contributed by atoms with Crippen molar-refractivity contribution in [3.63, 3.8) is 0 Å². The number of nitrogens with zero attached hydrogens (tertiary/aromatic N) is 1. The molecule has 0 radical (unpaired) electrons. The first kappa shape index (κ1) is 12.7. The maximum Gasteiger partial charge on any atom is 0.307 e. The number of hydrogen-bond donors (Lipinski definition) is 1. The van der Waals surface area contributed by atoms with E-state index in [-0.39, 0.29) is 17.1 Å². The zero-order chi connectivity index (χ0) is 13.5. The molecular weight excluding hydrogens is 242 g/mol. The Balaban J connectivity index is 2.27. The molecule has 0 aliphatic heterocycles. The molecule has 0 aromatic heterocycles. The Morgan fingerprint density at radius 2 is 2.00 bits per heavy atom. The highest BCUT2D eigenvalue weighted by atomic mass is 19.1. The minimum Gasteiger partial charge on any atom is -0.379 e. The molecule has 1 N–H and O–H groups in total. The van der Waals surface area contributed by atoms with E-state index in [1.807, 2.05) is 6.92 Å². The molecule has 18 heavy (non-hydrogen) atoms. The van der Waals surface area contributed by atoms with Crippen LogP contribution in [0.2, 0.25) is 0 Å². The van der Waals surface area contributed by atoms with Crippen LogP contribution in [0.3, 0.4) is 0 Å². The summed E-state index contributed by atoms with van der Waals surface area (Å²) in [7, 11) is 0. The van der Waals surface area contributed by atoms with Gasteiger partial charge in [0, 0.05) is 18.2 Å². The van der Waals surface area contributed by atoms with Crippen LogP contribution in [0.15, 0.2) is 12.1 Å². The summed E-state index contributed by atoms with van der Waals surface area (Å²) in [6.07, 6.45) is 2.07. The van der Waals surface area contributed by atoms with Crippen molar-refractivity contribution in [1.29, 1.82) is 0 Å². The molecular formula is C12H14F2N2O2. The van der Waals surface area contributed by atoms with Crippen LogP contribution < -0.4 is 5.32 Å². The second-order valence-corrected chi connectivity index (χ2v) is 5.06. The molecule has 0 saturated heterocycles. The summed E-state index contributed by atoms with van der Waals surface area (Å²) in [5.74, 6) is -1.97. The van der Waals surface area contributed by atoms with Gasteiger partial charge in [0.25, 0.3) is 0 Å². The molecule has 1 atom stereocenters. The van der Waals surface area contributed by atoms with Gasteiger partial charge in [-0.15, -0.1) is 0 Å². The maximum atomic E-state index is 13.5. The second-order valence-electron chi connectivity index (χ2n) is 5.06. The highest BCUT2D eigenvalue weighted by Crippen LogP contribution is 2.49. The third-order valence-electron chi connectivity index (χ3n) is 3.69. The van der Waals surface area contributed by atoms with Crippen molar-refractivity contribution in [2.45, 2.75) is 32.7 Å². The Kier molecular flexibility index (Phi) is 2.96. The fraction of sp³-hybridized carbons (Fsp3) is 0.500. The third kappa shape index (κ3) is 2.27. The molecule has 0 amide bonds. The second kappa shape index (κ2) is 4.19. The molecule has 98 valence electrons. The van der Waals surface area contributed by atoms with E-state index in [0.717, 1.165) is 18.9 Å². The van der Waals surface area contributed by atoms with Crippen LogP contribution >= 0.6 is 0 Å². The molecule has 0 bridgehead atoms. The lowest BCUT2D eigenvalue weighted by Gasteiger charge is -2.21. The lowest BCUT2D eigenvalue weighted by atomic mass is 10.0. The molecule has 0 heterocycles. The van der Waals surface area contributed by atoms with Gasteiger partial charge in [0.15, 0.2) is 0 Å².